The largest absolute Gasteiger partial charge is 0.354 e. The number of nitrogens with one attached hydrogen (secondary N) is 1. The number of carbonyl (C=O) groups is 2. The summed E-state index contributed by atoms with van der Waals surface area (Å²) in [5, 5.41) is 2.92. The molecule has 0 unspecified atom stereocenters. The smallest absolute Gasteiger partial charge is 0.242 e. The van der Waals surface area contributed by atoms with Crippen LogP contribution in [0, 0.1) is 19.8 Å². The number of carbonyl (C=O) groups excluding carboxylic acids is 2. The van der Waals surface area contributed by atoms with Crippen molar-refractivity contribution in [2.75, 3.05) is 23.7 Å². The van der Waals surface area contributed by atoms with E-state index < -0.39 is 16.1 Å². The molecular weight excluding hydrogens is 462 g/mol. The lowest BCUT2D eigenvalue weighted by molar-refractivity contribution is -0.140. The van der Waals surface area contributed by atoms with Crippen molar-refractivity contribution in [3.05, 3.63) is 65.2 Å². The van der Waals surface area contributed by atoms with Crippen molar-refractivity contribution in [2.24, 2.45) is 5.92 Å². The van der Waals surface area contributed by atoms with Crippen LogP contribution in [0.1, 0.15) is 50.3 Å². The van der Waals surface area contributed by atoms with Gasteiger partial charge in [0.05, 0.1) is 11.9 Å². The van der Waals surface area contributed by atoms with Gasteiger partial charge in [-0.2, -0.15) is 0 Å². The van der Waals surface area contributed by atoms with Gasteiger partial charge in [-0.05, 0) is 55.9 Å². The van der Waals surface area contributed by atoms with E-state index in [9.17, 15) is 18.0 Å². The molecule has 2 aromatic carbocycles. The SMILES string of the molecule is Cc1ccccc1CN(C(=O)CCCN(c1ccccc1C)S(C)(=O)=O)[C@H](C)C(=O)NCC(C)C. The first-order chi connectivity index (χ1) is 16.4. The maximum Gasteiger partial charge on any atom is 0.242 e. The molecule has 35 heavy (non-hydrogen) atoms. The van der Waals surface area contributed by atoms with E-state index in [4.69, 9.17) is 0 Å². The lowest BCUT2D eigenvalue weighted by Crippen LogP contribution is -2.48. The van der Waals surface area contributed by atoms with Crippen LogP contribution in [-0.4, -0.2) is 50.5 Å². The van der Waals surface area contributed by atoms with Gasteiger partial charge in [-0.3, -0.25) is 13.9 Å². The summed E-state index contributed by atoms with van der Waals surface area (Å²) >= 11 is 0. The zero-order valence-electron chi connectivity index (χ0n) is 21.7. The molecule has 0 bridgehead atoms. The fourth-order valence-corrected chi connectivity index (χ4v) is 4.85. The molecule has 0 spiro atoms. The number of aryl methyl sites for hydroxylation is 2. The molecule has 1 atom stereocenters. The molecule has 0 fully saturated rings. The fraction of sp³-hybridized carbons (Fsp3) is 0.481. The fourth-order valence-electron chi connectivity index (χ4n) is 3.83. The van der Waals surface area contributed by atoms with Crippen LogP contribution in [0.25, 0.3) is 0 Å². The second-order valence-electron chi connectivity index (χ2n) is 9.49. The first kappa shape index (κ1) is 28.4. The zero-order chi connectivity index (χ0) is 26.2. The Bertz CT molecular complexity index is 1110. The Balaban J connectivity index is 2.18. The number of sulfonamides is 1. The predicted octanol–water partition coefficient (Wildman–Crippen LogP) is 4.04. The van der Waals surface area contributed by atoms with E-state index in [1.165, 1.54) is 10.6 Å². The third-order valence-electron chi connectivity index (χ3n) is 5.99. The Morgan fingerprint density at radius 1 is 0.943 bits per heavy atom. The normalized spacial score (nSPS) is 12.3. The van der Waals surface area contributed by atoms with Crippen molar-refractivity contribution in [3.8, 4) is 0 Å². The molecule has 2 rings (SSSR count). The van der Waals surface area contributed by atoms with Gasteiger partial charge >= 0.3 is 0 Å². The van der Waals surface area contributed by atoms with Crippen LogP contribution in [0.4, 0.5) is 5.69 Å². The van der Waals surface area contributed by atoms with Crippen LogP contribution in [-0.2, 0) is 26.2 Å². The van der Waals surface area contributed by atoms with Gasteiger partial charge in [-0.1, -0.05) is 56.3 Å². The second-order valence-corrected chi connectivity index (χ2v) is 11.4. The highest BCUT2D eigenvalue weighted by Gasteiger charge is 2.27. The standard InChI is InChI=1S/C27H39N3O4S/c1-20(2)18-28-27(32)23(5)29(19-24-14-9-7-12-21(24)3)26(31)16-11-17-30(35(6,33)34)25-15-10-8-13-22(25)4/h7-10,12-15,20,23H,11,16-19H2,1-6H3,(H,28,32)/t23-/m1/s1. The van der Waals surface area contributed by atoms with Gasteiger partial charge in [0.2, 0.25) is 21.8 Å². The number of hydrogen-bond acceptors (Lipinski definition) is 4. The van der Waals surface area contributed by atoms with E-state index in [0.29, 0.717) is 31.1 Å². The molecular formula is C27H39N3O4S. The third-order valence-corrected chi connectivity index (χ3v) is 7.17. The van der Waals surface area contributed by atoms with Crippen LogP contribution in [0.15, 0.2) is 48.5 Å². The summed E-state index contributed by atoms with van der Waals surface area (Å²) in [6.07, 6.45) is 1.64. The van der Waals surface area contributed by atoms with E-state index in [-0.39, 0.29) is 24.8 Å². The van der Waals surface area contributed by atoms with E-state index in [1.807, 2.05) is 64.1 Å². The number of nitrogens with zero attached hydrogens (tertiary/aromatic N) is 2. The van der Waals surface area contributed by atoms with Crippen LogP contribution in [0.2, 0.25) is 0 Å². The van der Waals surface area contributed by atoms with Gasteiger partial charge in [0.25, 0.3) is 0 Å². The third kappa shape index (κ3) is 8.38. The number of hydrogen-bond donors (Lipinski definition) is 1. The summed E-state index contributed by atoms with van der Waals surface area (Å²) in [5.41, 5.74) is 3.48. The van der Waals surface area contributed by atoms with E-state index in [0.717, 1.165) is 16.7 Å². The Hall–Kier alpha value is -2.87. The summed E-state index contributed by atoms with van der Waals surface area (Å²) in [6, 6.07) is 14.4. The highest BCUT2D eigenvalue weighted by molar-refractivity contribution is 7.92. The van der Waals surface area contributed by atoms with E-state index in [2.05, 4.69) is 5.32 Å². The number of rotatable bonds is 12. The van der Waals surface area contributed by atoms with E-state index in [1.54, 1.807) is 24.0 Å². The van der Waals surface area contributed by atoms with Crippen molar-refractivity contribution in [2.45, 2.75) is 60.0 Å². The molecule has 0 heterocycles. The van der Waals surface area contributed by atoms with Crippen molar-refractivity contribution in [1.29, 1.82) is 0 Å². The maximum absolute atomic E-state index is 13.4. The van der Waals surface area contributed by atoms with Crippen LogP contribution in [0.5, 0.6) is 0 Å². The minimum atomic E-state index is -3.51. The quantitative estimate of drug-likeness (QED) is 0.476. The van der Waals surface area contributed by atoms with Crippen LogP contribution < -0.4 is 9.62 Å². The van der Waals surface area contributed by atoms with Gasteiger partial charge < -0.3 is 10.2 Å². The number of anilines is 1. The van der Waals surface area contributed by atoms with Crippen LogP contribution >= 0.6 is 0 Å². The summed E-state index contributed by atoms with van der Waals surface area (Å²) in [5.74, 6) is -0.0768. The summed E-state index contributed by atoms with van der Waals surface area (Å²) in [4.78, 5) is 27.8. The molecule has 0 saturated carbocycles. The molecule has 0 radical (unpaired) electrons. The molecule has 192 valence electrons. The first-order valence-electron chi connectivity index (χ1n) is 12.1. The minimum Gasteiger partial charge on any atom is -0.354 e. The minimum absolute atomic E-state index is 0.131. The summed E-state index contributed by atoms with van der Waals surface area (Å²) in [7, 11) is -3.51. The molecule has 8 heteroatoms. The zero-order valence-corrected chi connectivity index (χ0v) is 22.6. The molecule has 0 aromatic heterocycles. The molecule has 0 aliphatic heterocycles. The molecule has 1 N–H and O–H groups in total. The van der Waals surface area contributed by atoms with Gasteiger partial charge in [0.1, 0.15) is 6.04 Å². The molecule has 0 aliphatic carbocycles. The molecule has 0 aliphatic rings. The number of para-hydroxylation sites is 1. The van der Waals surface area contributed by atoms with Gasteiger partial charge in [-0.15, -0.1) is 0 Å². The summed E-state index contributed by atoms with van der Waals surface area (Å²) < 4.78 is 26.3. The number of amides is 2. The summed E-state index contributed by atoms with van der Waals surface area (Å²) in [6.45, 7) is 10.6. The number of benzene rings is 2. The Labute approximate surface area is 210 Å². The first-order valence-corrected chi connectivity index (χ1v) is 13.9. The highest BCUT2D eigenvalue weighted by atomic mass is 32.2. The Morgan fingerprint density at radius 2 is 1.54 bits per heavy atom. The molecule has 0 saturated heterocycles. The van der Waals surface area contributed by atoms with Gasteiger partial charge in [0.15, 0.2) is 0 Å². The van der Waals surface area contributed by atoms with Crippen LogP contribution in [0.3, 0.4) is 0 Å². The Kier molecular flexibility index (Phi) is 10.3. The molecule has 2 aromatic rings. The van der Waals surface area contributed by atoms with Gasteiger partial charge in [0, 0.05) is 26.1 Å². The second kappa shape index (κ2) is 12.7. The lowest BCUT2D eigenvalue weighted by atomic mass is 10.1. The maximum atomic E-state index is 13.4. The Morgan fingerprint density at radius 3 is 2.11 bits per heavy atom. The average molecular weight is 502 g/mol. The predicted molar refractivity (Wildman–Crippen MR) is 142 cm³/mol. The van der Waals surface area contributed by atoms with Crippen molar-refractivity contribution < 1.29 is 18.0 Å². The van der Waals surface area contributed by atoms with Crippen molar-refractivity contribution in [3.63, 3.8) is 0 Å². The van der Waals surface area contributed by atoms with E-state index >= 15 is 0 Å². The molecule has 7 nitrogen and oxygen atoms in total. The van der Waals surface area contributed by atoms with Crippen molar-refractivity contribution >= 4 is 27.5 Å². The lowest BCUT2D eigenvalue weighted by Gasteiger charge is -2.30. The average Bonchev–Trinajstić information content (AvgIpc) is 2.79. The molecule has 2 amide bonds. The van der Waals surface area contributed by atoms with Gasteiger partial charge in [-0.25, -0.2) is 8.42 Å². The van der Waals surface area contributed by atoms with Crippen molar-refractivity contribution in [1.82, 2.24) is 10.2 Å². The highest BCUT2D eigenvalue weighted by Crippen LogP contribution is 2.23. The monoisotopic (exact) mass is 501 g/mol. The topological polar surface area (TPSA) is 86.8 Å².